The number of nitrogens with zero attached hydrogens (tertiary/aromatic N) is 1. The number of carbonyl (C=O) groups excluding carboxylic acids is 2. The van der Waals surface area contributed by atoms with Crippen LogP contribution in [0, 0.1) is 0 Å². The maximum absolute atomic E-state index is 12.5. The molecule has 0 atom stereocenters. The van der Waals surface area contributed by atoms with Gasteiger partial charge in [0.2, 0.25) is 15.9 Å². The number of carbonyl (C=O) groups is 2. The molecule has 0 aliphatic rings. The van der Waals surface area contributed by atoms with Gasteiger partial charge in [-0.3, -0.25) is 13.9 Å². The molecule has 174 valence electrons. The van der Waals surface area contributed by atoms with E-state index in [0.717, 1.165) is 6.26 Å². The molecule has 0 fully saturated rings. The van der Waals surface area contributed by atoms with Gasteiger partial charge in [-0.05, 0) is 42.8 Å². The van der Waals surface area contributed by atoms with Gasteiger partial charge < -0.3 is 20.1 Å². The van der Waals surface area contributed by atoms with E-state index in [2.05, 4.69) is 10.6 Å². The number of methoxy groups -OCH3 is 2. The third kappa shape index (κ3) is 7.54. The molecular formula is C22H29N3O6S. The fraction of sp³-hybridized carbons (Fsp3) is 0.364. The fourth-order valence-electron chi connectivity index (χ4n) is 2.98. The second kappa shape index (κ2) is 12.1. The molecule has 10 heteroatoms. The van der Waals surface area contributed by atoms with Gasteiger partial charge in [-0.15, -0.1) is 0 Å². The first kappa shape index (κ1) is 25.2. The van der Waals surface area contributed by atoms with Gasteiger partial charge in [-0.1, -0.05) is 12.1 Å². The minimum atomic E-state index is -3.53. The molecule has 32 heavy (non-hydrogen) atoms. The van der Waals surface area contributed by atoms with Gasteiger partial charge in [0, 0.05) is 26.6 Å². The first-order chi connectivity index (χ1) is 15.3. The third-order valence-corrected chi connectivity index (χ3v) is 5.76. The predicted molar refractivity (Wildman–Crippen MR) is 124 cm³/mol. The van der Waals surface area contributed by atoms with Crippen LogP contribution in [0.5, 0.6) is 5.75 Å². The van der Waals surface area contributed by atoms with Gasteiger partial charge in [0.05, 0.1) is 36.9 Å². The van der Waals surface area contributed by atoms with Crippen LogP contribution in [0.1, 0.15) is 23.2 Å². The van der Waals surface area contributed by atoms with Gasteiger partial charge in [0.15, 0.2) is 0 Å². The van der Waals surface area contributed by atoms with E-state index in [4.69, 9.17) is 9.47 Å². The first-order valence-electron chi connectivity index (χ1n) is 10.0. The Labute approximate surface area is 188 Å². The molecule has 0 bridgehead atoms. The lowest BCUT2D eigenvalue weighted by atomic mass is 10.1. The molecule has 0 radical (unpaired) electrons. The zero-order valence-corrected chi connectivity index (χ0v) is 19.3. The molecule has 0 unspecified atom stereocenters. The number of nitrogens with one attached hydrogen (secondary N) is 2. The van der Waals surface area contributed by atoms with Crippen LogP contribution in [0.2, 0.25) is 0 Å². The number of hydrogen-bond donors (Lipinski definition) is 2. The quantitative estimate of drug-likeness (QED) is 0.467. The average Bonchev–Trinajstić information content (AvgIpc) is 2.76. The normalized spacial score (nSPS) is 11.0. The van der Waals surface area contributed by atoms with Crippen molar-refractivity contribution in [2.24, 2.45) is 0 Å². The molecule has 0 saturated heterocycles. The van der Waals surface area contributed by atoms with E-state index in [0.29, 0.717) is 42.3 Å². The Bertz CT molecular complexity index is 1010. The van der Waals surface area contributed by atoms with E-state index in [-0.39, 0.29) is 24.8 Å². The van der Waals surface area contributed by atoms with Crippen molar-refractivity contribution in [2.45, 2.75) is 12.8 Å². The van der Waals surface area contributed by atoms with Crippen molar-refractivity contribution in [2.75, 3.05) is 49.8 Å². The zero-order chi connectivity index (χ0) is 23.6. The Morgan fingerprint density at radius 1 is 1.03 bits per heavy atom. The lowest BCUT2D eigenvalue weighted by molar-refractivity contribution is -0.116. The van der Waals surface area contributed by atoms with Gasteiger partial charge in [-0.25, -0.2) is 8.42 Å². The molecule has 0 heterocycles. The summed E-state index contributed by atoms with van der Waals surface area (Å²) in [5.74, 6) is -0.0162. The molecule has 0 aliphatic heterocycles. The van der Waals surface area contributed by atoms with Crippen molar-refractivity contribution in [1.82, 2.24) is 5.32 Å². The van der Waals surface area contributed by atoms with E-state index in [1.807, 2.05) is 0 Å². The zero-order valence-electron chi connectivity index (χ0n) is 18.5. The first-order valence-corrected chi connectivity index (χ1v) is 11.9. The molecule has 2 N–H and O–H groups in total. The van der Waals surface area contributed by atoms with E-state index in [9.17, 15) is 18.0 Å². The van der Waals surface area contributed by atoms with Crippen LogP contribution in [-0.4, -0.2) is 60.4 Å². The van der Waals surface area contributed by atoms with E-state index in [1.165, 1.54) is 11.4 Å². The smallest absolute Gasteiger partial charge is 0.253 e. The van der Waals surface area contributed by atoms with Crippen molar-refractivity contribution in [1.29, 1.82) is 0 Å². The Hall–Kier alpha value is -3.11. The monoisotopic (exact) mass is 463 g/mol. The standard InChI is InChI=1S/C22H29N3O6S/c1-30-16-14-23-22(27)19-7-4-5-8-20(19)24-21(26)9-6-15-25(32(3,28)29)17-10-12-18(31-2)13-11-17/h4-5,7-8,10-13H,6,9,14-16H2,1-3H3,(H,23,27)(H,24,26). The van der Waals surface area contributed by atoms with Crippen LogP contribution in [0.4, 0.5) is 11.4 Å². The average molecular weight is 464 g/mol. The lowest BCUT2D eigenvalue weighted by Gasteiger charge is -2.22. The SMILES string of the molecule is COCCNC(=O)c1ccccc1NC(=O)CCCN(c1ccc(OC)cc1)S(C)(=O)=O. The summed E-state index contributed by atoms with van der Waals surface area (Å²) in [5, 5.41) is 5.45. The van der Waals surface area contributed by atoms with Crippen LogP contribution >= 0.6 is 0 Å². The van der Waals surface area contributed by atoms with Gasteiger partial charge in [0.25, 0.3) is 5.91 Å². The number of amides is 2. The van der Waals surface area contributed by atoms with Crippen molar-refractivity contribution in [3.05, 3.63) is 54.1 Å². The summed E-state index contributed by atoms with van der Waals surface area (Å²) in [7, 11) is -0.453. The Kier molecular flexibility index (Phi) is 9.48. The third-order valence-electron chi connectivity index (χ3n) is 4.56. The minimum absolute atomic E-state index is 0.0851. The highest BCUT2D eigenvalue weighted by Gasteiger charge is 2.18. The predicted octanol–water partition coefficient (Wildman–Crippen LogP) is 2.26. The fourth-order valence-corrected chi connectivity index (χ4v) is 3.95. The summed E-state index contributed by atoms with van der Waals surface area (Å²) in [6.45, 7) is 0.868. The minimum Gasteiger partial charge on any atom is -0.497 e. The maximum Gasteiger partial charge on any atom is 0.253 e. The van der Waals surface area contributed by atoms with Crippen LogP contribution < -0.4 is 19.7 Å². The molecule has 2 aromatic carbocycles. The van der Waals surface area contributed by atoms with Crippen LogP contribution in [0.3, 0.4) is 0 Å². The maximum atomic E-state index is 12.5. The van der Waals surface area contributed by atoms with Crippen molar-refractivity contribution in [3.8, 4) is 5.75 Å². The van der Waals surface area contributed by atoms with Crippen molar-refractivity contribution >= 4 is 33.2 Å². The molecule has 0 aliphatic carbocycles. The van der Waals surface area contributed by atoms with Gasteiger partial charge in [0.1, 0.15) is 5.75 Å². The molecular weight excluding hydrogens is 434 g/mol. The molecule has 0 spiro atoms. The van der Waals surface area contributed by atoms with E-state index >= 15 is 0 Å². The van der Waals surface area contributed by atoms with Crippen molar-refractivity contribution in [3.63, 3.8) is 0 Å². The van der Waals surface area contributed by atoms with Crippen molar-refractivity contribution < 1.29 is 27.5 Å². The highest BCUT2D eigenvalue weighted by atomic mass is 32.2. The molecule has 2 aromatic rings. The summed E-state index contributed by atoms with van der Waals surface area (Å²) < 4.78 is 35.7. The topological polar surface area (TPSA) is 114 Å². The summed E-state index contributed by atoms with van der Waals surface area (Å²) >= 11 is 0. The highest BCUT2D eigenvalue weighted by Crippen LogP contribution is 2.22. The summed E-state index contributed by atoms with van der Waals surface area (Å²) in [6, 6.07) is 13.3. The van der Waals surface area contributed by atoms with Gasteiger partial charge in [-0.2, -0.15) is 0 Å². The highest BCUT2D eigenvalue weighted by molar-refractivity contribution is 7.92. The largest absolute Gasteiger partial charge is 0.497 e. The number of anilines is 2. The molecule has 2 amide bonds. The Morgan fingerprint density at radius 2 is 1.72 bits per heavy atom. The van der Waals surface area contributed by atoms with Crippen LogP contribution in [-0.2, 0) is 19.6 Å². The number of sulfonamides is 1. The molecule has 9 nitrogen and oxygen atoms in total. The second-order valence-electron chi connectivity index (χ2n) is 6.98. The van der Waals surface area contributed by atoms with Gasteiger partial charge >= 0.3 is 0 Å². The molecule has 2 rings (SSSR count). The van der Waals surface area contributed by atoms with Crippen LogP contribution in [0.25, 0.3) is 0 Å². The molecule has 0 saturated carbocycles. The number of para-hydroxylation sites is 1. The Balaban J connectivity index is 1.98. The summed E-state index contributed by atoms with van der Waals surface area (Å²) in [4.78, 5) is 24.8. The lowest BCUT2D eigenvalue weighted by Crippen LogP contribution is -2.31. The number of ether oxygens (including phenoxy) is 2. The summed E-state index contributed by atoms with van der Waals surface area (Å²) in [5.41, 5.74) is 1.22. The summed E-state index contributed by atoms with van der Waals surface area (Å²) in [6.07, 6.45) is 1.50. The second-order valence-corrected chi connectivity index (χ2v) is 8.89. The number of hydrogen-bond acceptors (Lipinski definition) is 6. The molecule has 0 aromatic heterocycles. The van der Waals surface area contributed by atoms with Crippen LogP contribution in [0.15, 0.2) is 48.5 Å². The number of rotatable bonds is 12. The van der Waals surface area contributed by atoms with E-state index < -0.39 is 10.0 Å². The number of benzene rings is 2. The Morgan fingerprint density at radius 3 is 2.34 bits per heavy atom. The van der Waals surface area contributed by atoms with E-state index in [1.54, 1.807) is 55.6 Å².